The molecule has 0 saturated heterocycles. The second-order valence-electron chi connectivity index (χ2n) is 8.64. The predicted molar refractivity (Wildman–Crippen MR) is 133 cm³/mol. The molecule has 0 fully saturated rings. The van der Waals surface area contributed by atoms with Gasteiger partial charge in [-0.1, -0.05) is 11.8 Å². The van der Waals surface area contributed by atoms with E-state index in [1.807, 2.05) is 51.4 Å². The van der Waals surface area contributed by atoms with Gasteiger partial charge in [-0.05, 0) is 49.2 Å². The highest BCUT2D eigenvalue weighted by molar-refractivity contribution is 6.00. The fourth-order valence-electron chi connectivity index (χ4n) is 4.27. The molecule has 176 valence electrons. The van der Waals surface area contributed by atoms with Crippen molar-refractivity contribution in [2.45, 2.75) is 33.6 Å². The van der Waals surface area contributed by atoms with E-state index >= 15 is 0 Å². The van der Waals surface area contributed by atoms with Crippen LogP contribution in [0.2, 0.25) is 0 Å². The van der Waals surface area contributed by atoms with Crippen LogP contribution in [0.25, 0.3) is 10.9 Å². The van der Waals surface area contributed by atoms with Gasteiger partial charge in [0, 0.05) is 48.1 Å². The Kier molecular flexibility index (Phi) is 5.93. The van der Waals surface area contributed by atoms with Gasteiger partial charge >= 0.3 is 0 Å². The fraction of sp³-hybridized carbons (Fsp3) is 0.259. The van der Waals surface area contributed by atoms with Crippen LogP contribution in [0.15, 0.2) is 42.9 Å². The van der Waals surface area contributed by atoms with E-state index < -0.39 is 0 Å². The number of benzene rings is 1. The number of hydrogen-bond acceptors (Lipinski definition) is 6. The molecule has 8 heteroatoms. The first kappa shape index (κ1) is 22.6. The summed E-state index contributed by atoms with van der Waals surface area (Å²) in [5.41, 5.74) is 12.8. The lowest BCUT2D eigenvalue weighted by atomic mass is 9.98. The first-order valence-electron chi connectivity index (χ1n) is 11.5. The Balaban J connectivity index is 1.37. The van der Waals surface area contributed by atoms with Gasteiger partial charge in [0.2, 0.25) is 0 Å². The third kappa shape index (κ3) is 4.46. The van der Waals surface area contributed by atoms with Crippen molar-refractivity contribution < 1.29 is 9.53 Å². The van der Waals surface area contributed by atoms with Crippen LogP contribution >= 0.6 is 0 Å². The third-order valence-electron chi connectivity index (χ3n) is 6.21. The van der Waals surface area contributed by atoms with E-state index in [4.69, 9.17) is 10.5 Å². The number of aryl methyl sites for hydroxylation is 2. The lowest BCUT2D eigenvalue weighted by molar-refractivity contribution is 0.0750. The Hall–Kier alpha value is -4.22. The monoisotopic (exact) mass is 466 g/mol. The number of anilines is 1. The Morgan fingerprint density at radius 3 is 2.69 bits per heavy atom. The van der Waals surface area contributed by atoms with Gasteiger partial charge < -0.3 is 15.4 Å². The summed E-state index contributed by atoms with van der Waals surface area (Å²) >= 11 is 0. The standard InChI is InChI=1S/C27H26N6O2/c1-4-33(14-20-8-7-18(11-29-20)5-6-19-12-30-32(3)13-19)27(34)21-10-22-23-15-35-16-24(23)26(28)31-25(22)9-17(21)2/h7-13H,4,14-16H2,1-3H3,(H2,28,31). The van der Waals surface area contributed by atoms with Crippen molar-refractivity contribution >= 4 is 22.6 Å². The number of carbonyl (C=O) groups is 1. The fourth-order valence-corrected chi connectivity index (χ4v) is 4.27. The molecule has 2 N–H and O–H groups in total. The maximum Gasteiger partial charge on any atom is 0.254 e. The molecule has 1 aliphatic heterocycles. The zero-order valence-corrected chi connectivity index (χ0v) is 20.0. The molecule has 0 aliphatic carbocycles. The summed E-state index contributed by atoms with van der Waals surface area (Å²) in [5, 5.41) is 5.04. The highest BCUT2D eigenvalue weighted by Gasteiger charge is 2.23. The molecule has 1 aliphatic rings. The SMILES string of the molecule is CCN(Cc1ccc(C#Cc2cnn(C)c2)cn1)C(=O)c1cc2c3c(c(N)nc2cc1C)COC3. The Morgan fingerprint density at radius 1 is 1.17 bits per heavy atom. The van der Waals surface area contributed by atoms with Crippen molar-refractivity contribution in [2.75, 3.05) is 12.3 Å². The normalized spacial score (nSPS) is 12.3. The molecule has 4 aromatic rings. The van der Waals surface area contributed by atoms with E-state index in [-0.39, 0.29) is 5.91 Å². The molecule has 5 rings (SSSR count). The van der Waals surface area contributed by atoms with Gasteiger partial charge in [0.15, 0.2) is 0 Å². The maximum atomic E-state index is 13.5. The number of amides is 1. The second kappa shape index (κ2) is 9.20. The van der Waals surface area contributed by atoms with Crippen LogP contribution in [0.5, 0.6) is 0 Å². The number of carbonyl (C=O) groups excluding carboxylic acids is 1. The van der Waals surface area contributed by atoms with Gasteiger partial charge in [-0.3, -0.25) is 14.5 Å². The average Bonchev–Trinajstić information content (AvgIpc) is 3.51. The molecule has 1 amide bonds. The van der Waals surface area contributed by atoms with Crippen LogP contribution in [0.3, 0.4) is 0 Å². The van der Waals surface area contributed by atoms with Crippen molar-refractivity contribution in [2.24, 2.45) is 7.05 Å². The van der Waals surface area contributed by atoms with Crippen molar-refractivity contribution in [1.29, 1.82) is 0 Å². The zero-order valence-electron chi connectivity index (χ0n) is 20.0. The first-order valence-corrected chi connectivity index (χ1v) is 11.5. The van der Waals surface area contributed by atoms with E-state index in [0.717, 1.165) is 44.4 Å². The molecule has 0 bridgehead atoms. The molecule has 0 radical (unpaired) electrons. The predicted octanol–water partition coefficient (Wildman–Crippen LogP) is 3.35. The summed E-state index contributed by atoms with van der Waals surface area (Å²) < 4.78 is 7.31. The minimum absolute atomic E-state index is 0.0429. The average molecular weight is 467 g/mol. The molecule has 35 heavy (non-hydrogen) atoms. The van der Waals surface area contributed by atoms with Crippen molar-refractivity contribution in [3.05, 3.63) is 81.9 Å². The molecule has 0 saturated carbocycles. The van der Waals surface area contributed by atoms with Crippen molar-refractivity contribution in [1.82, 2.24) is 24.6 Å². The third-order valence-corrected chi connectivity index (χ3v) is 6.21. The van der Waals surface area contributed by atoms with E-state index in [0.29, 0.717) is 37.7 Å². The number of nitrogens with zero attached hydrogens (tertiary/aromatic N) is 5. The quantitative estimate of drug-likeness (QED) is 0.463. The molecule has 0 spiro atoms. The number of hydrogen-bond donors (Lipinski definition) is 1. The smallest absolute Gasteiger partial charge is 0.254 e. The molecule has 0 atom stereocenters. The lowest BCUT2D eigenvalue weighted by Gasteiger charge is -2.22. The van der Waals surface area contributed by atoms with Crippen LogP contribution in [0.4, 0.5) is 5.82 Å². The summed E-state index contributed by atoms with van der Waals surface area (Å²) in [6, 6.07) is 7.69. The summed E-state index contributed by atoms with van der Waals surface area (Å²) in [5.74, 6) is 6.63. The molecular formula is C27H26N6O2. The van der Waals surface area contributed by atoms with Crippen molar-refractivity contribution in [3.63, 3.8) is 0 Å². The largest absolute Gasteiger partial charge is 0.383 e. The van der Waals surface area contributed by atoms with Gasteiger partial charge in [0.1, 0.15) is 5.82 Å². The summed E-state index contributed by atoms with van der Waals surface area (Å²) in [6.45, 7) is 5.79. The van der Waals surface area contributed by atoms with Crippen LogP contribution in [-0.2, 0) is 31.5 Å². The number of nitrogens with two attached hydrogens (primary N) is 1. The van der Waals surface area contributed by atoms with E-state index in [1.165, 1.54) is 0 Å². The van der Waals surface area contributed by atoms with Crippen LogP contribution in [0.1, 0.15) is 50.8 Å². The summed E-state index contributed by atoms with van der Waals surface area (Å²) in [6.07, 6.45) is 5.32. The Morgan fingerprint density at radius 2 is 1.97 bits per heavy atom. The minimum atomic E-state index is -0.0429. The second-order valence-corrected chi connectivity index (χ2v) is 8.64. The van der Waals surface area contributed by atoms with Crippen LogP contribution in [-0.4, -0.2) is 37.1 Å². The number of ether oxygens (including phenoxy) is 1. The van der Waals surface area contributed by atoms with Gasteiger partial charge in [0.05, 0.1) is 42.7 Å². The number of pyridine rings is 2. The number of nitrogen functional groups attached to an aromatic ring is 1. The van der Waals surface area contributed by atoms with Crippen molar-refractivity contribution in [3.8, 4) is 11.8 Å². The van der Waals surface area contributed by atoms with Crippen LogP contribution in [0, 0.1) is 18.8 Å². The maximum absolute atomic E-state index is 13.5. The van der Waals surface area contributed by atoms with Gasteiger partial charge in [-0.25, -0.2) is 4.98 Å². The van der Waals surface area contributed by atoms with Gasteiger partial charge in [0.25, 0.3) is 5.91 Å². The lowest BCUT2D eigenvalue weighted by Crippen LogP contribution is -2.31. The van der Waals surface area contributed by atoms with E-state index in [1.54, 1.807) is 22.0 Å². The zero-order chi connectivity index (χ0) is 24.5. The van der Waals surface area contributed by atoms with Crippen LogP contribution < -0.4 is 5.73 Å². The molecule has 0 unspecified atom stereocenters. The topological polar surface area (TPSA) is 99.2 Å². The molecule has 1 aromatic carbocycles. The number of aromatic nitrogens is 4. The molecule has 3 aromatic heterocycles. The number of fused-ring (bicyclic) bond motifs is 3. The number of rotatable bonds is 4. The van der Waals surface area contributed by atoms with E-state index in [2.05, 4.69) is 26.9 Å². The molecule has 8 nitrogen and oxygen atoms in total. The van der Waals surface area contributed by atoms with Gasteiger partial charge in [-0.15, -0.1) is 0 Å². The summed E-state index contributed by atoms with van der Waals surface area (Å²) in [4.78, 5) is 24.4. The highest BCUT2D eigenvalue weighted by Crippen LogP contribution is 2.33. The highest BCUT2D eigenvalue weighted by atomic mass is 16.5. The molecular weight excluding hydrogens is 440 g/mol. The minimum Gasteiger partial charge on any atom is -0.383 e. The molecule has 4 heterocycles. The Labute approximate surface area is 203 Å². The Bertz CT molecular complexity index is 1490. The summed E-state index contributed by atoms with van der Waals surface area (Å²) in [7, 11) is 1.86. The van der Waals surface area contributed by atoms with Gasteiger partial charge in [-0.2, -0.15) is 5.10 Å². The first-order chi connectivity index (χ1) is 16.9. The van der Waals surface area contributed by atoms with E-state index in [9.17, 15) is 4.79 Å².